The standard InChI is InChI=1S/C20H21FN4O2.ClH/c21-17-4-2-1-3-16(17)18(25-9-11-26-12-10-25)20-23-19(24-27-20)15-7-5-14(13-22)6-8-15;/h1-8,18H,9-13,22H2;1H. The van der Waals surface area contributed by atoms with E-state index in [1.807, 2.05) is 30.3 Å². The van der Waals surface area contributed by atoms with Crippen molar-refractivity contribution in [2.24, 2.45) is 5.73 Å². The number of aromatic nitrogens is 2. The van der Waals surface area contributed by atoms with Gasteiger partial charge in [-0.25, -0.2) is 4.39 Å². The van der Waals surface area contributed by atoms with E-state index in [1.165, 1.54) is 6.07 Å². The molecule has 2 heterocycles. The molecule has 6 nitrogen and oxygen atoms in total. The van der Waals surface area contributed by atoms with Gasteiger partial charge in [0, 0.05) is 30.8 Å². The first kappa shape index (κ1) is 20.4. The van der Waals surface area contributed by atoms with Crippen molar-refractivity contribution in [3.63, 3.8) is 0 Å². The maximum atomic E-state index is 14.5. The topological polar surface area (TPSA) is 77.4 Å². The van der Waals surface area contributed by atoms with Gasteiger partial charge in [0.25, 0.3) is 0 Å². The molecule has 1 aliphatic heterocycles. The lowest BCUT2D eigenvalue weighted by Gasteiger charge is -2.32. The number of morpholine rings is 1. The molecule has 148 valence electrons. The highest BCUT2D eigenvalue weighted by molar-refractivity contribution is 5.85. The molecule has 2 N–H and O–H groups in total. The van der Waals surface area contributed by atoms with Gasteiger partial charge in [0.1, 0.15) is 11.9 Å². The summed E-state index contributed by atoms with van der Waals surface area (Å²) in [6.07, 6.45) is 0. The molecule has 2 aromatic carbocycles. The molecular formula is C20H22ClFN4O2. The van der Waals surface area contributed by atoms with E-state index >= 15 is 0 Å². The summed E-state index contributed by atoms with van der Waals surface area (Å²) >= 11 is 0. The average molecular weight is 405 g/mol. The highest BCUT2D eigenvalue weighted by atomic mass is 35.5. The largest absolute Gasteiger partial charge is 0.379 e. The van der Waals surface area contributed by atoms with Crippen LogP contribution in [0.25, 0.3) is 11.4 Å². The maximum Gasteiger partial charge on any atom is 0.249 e. The van der Waals surface area contributed by atoms with Gasteiger partial charge in [-0.15, -0.1) is 12.4 Å². The predicted octanol–water partition coefficient (Wildman–Crippen LogP) is 3.18. The molecule has 0 amide bonds. The van der Waals surface area contributed by atoms with Gasteiger partial charge in [0.2, 0.25) is 11.7 Å². The Bertz CT molecular complexity index is 897. The number of halogens is 2. The summed E-state index contributed by atoms with van der Waals surface area (Å²) in [5.41, 5.74) is 8.02. The van der Waals surface area contributed by atoms with Crippen LogP contribution >= 0.6 is 12.4 Å². The smallest absolute Gasteiger partial charge is 0.249 e. The third kappa shape index (κ3) is 4.23. The molecule has 8 heteroatoms. The molecule has 0 saturated carbocycles. The number of rotatable bonds is 5. The van der Waals surface area contributed by atoms with Crippen molar-refractivity contribution in [1.82, 2.24) is 15.0 Å². The Morgan fingerprint density at radius 3 is 2.46 bits per heavy atom. The minimum Gasteiger partial charge on any atom is -0.379 e. The van der Waals surface area contributed by atoms with E-state index in [1.54, 1.807) is 12.1 Å². The minimum absolute atomic E-state index is 0. The zero-order valence-corrected chi connectivity index (χ0v) is 16.1. The van der Waals surface area contributed by atoms with Gasteiger partial charge in [-0.05, 0) is 11.6 Å². The lowest BCUT2D eigenvalue weighted by atomic mass is 10.0. The molecule has 0 spiro atoms. The van der Waals surface area contributed by atoms with Crippen LogP contribution in [0.5, 0.6) is 0 Å². The first-order valence-corrected chi connectivity index (χ1v) is 8.95. The van der Waals surface area contributed by atoms with Gasteiger partial charge in [0.15, 0.2) is 0 Å². The summed E-state index contributed by atoms with van der Waals surface area (Å²) in [7, 11) is 0. The zero-order valence-electron chi connectivity index (χ0n) is 15.3. The summed E-state index contributed by atoms with van der Waals surface area (Å²) in [5, 5.41) is 4.12. The molecule has 4 rings (SSSR count). The number of ether oxygens (including phenoxy) is 1. The van der Waals surface area contributed by atoms with E-state index in [0.717, 1.165) is 11.1 Å². The minimum atomic E-state index is -0.445. The molecule has 1 saturated heterocycles. The lowest BCUT2D eigenvalue weighted by Crippen LogP contribution is -2.40. The molecule has 0 aliphatic carbocycles. The molecular weight excluding hydrogens is 383 g/mol. The second-order valence-electron chi connectivity index (χ2n) is 6.43. The normalized spacial score (nSPS) is 15.8. The molecule has 1 aromatic heterocycles. The molecule has 1 atom stereocenters. The number of nitrogens with two attached hydrogens (primary N) is 1. The Balaban J connectivity index is 0.00000225. The second kappa shape index (κ2) is 9.25. The number of hydrogen-bond acceptors (Lipinski definition) is 6. The highest BCUT2D eigenvalue weighted by Crippen LogP contribution is 2.31. The van der Waals surface area contributed by atoms with Crippen LogP contribution in [0, 0.1) is 5.82 Å². The summed E-state index contributed by atoms with van der Waals surface area (Å²) in [6.45, 7) is 2.99. The van der Waals surface area contributed by atoms with E-state index < -0.39 is 6.04 Å². The van der Waals surface area contributed by atoms with Gasteiger partial charge in [-0.1, -0.05) is 47.6 Å². The number of benzene rings is 2. The van der Waals surface area contributed by atoms with Crippen molar-refractivity contribution >= 4 is 12.4 Å². The van der Waals surface area contributed by atoms with Crippen LogP contribution in [0.4, 0.5) is 4.39 Å². The molecule has 0 bridgehead atoms. The van der Waals surface area contributed by atoms with E-state index in [4.69, 9.17) is 15.0 Å². The summed E-state index contributed by atoms with van der Waals surface area (Å²) < 4.78 is 25.5. The molecule has 1 unspecified atom stereocenters. The van der Waals surface area contributed by atoms with Crippen molar-refractivity contribution in [3.8, 4) is 11.4 Å². The van der Waals surface area contributed by atoms with Gasteiger partial charge < -0.3 is 15.0 Å². The first-order chi connectivity index (χ1) is 13.3. The van der Waals surface area contributed by atoms with E-state index in [2.05, 4.69) is 15.0 Å². The third-order valence-corrected chi connectivity index (χ3v) is 4.73. The quantitative estimate of drug-likeness (QED) is 0.703. The molecule has 3 aromatic rings. The Hall–Kier alpha value is -2.32. The third-order valence-electron chi connectivity index (χ3n) is 4.73. The number of nitrogens with zero attached hydrogens (tertiary/aromatic N) is 3. The fourth-order valence-corrected chi connectivity index (χ4v) is 3.27. The number of hydrogen-bond donors (Lipinski definition) is 1. The van der Waals surface area contributed by atoms with Gasteiger partial charge in [-0.2, -0.15) is 4.98 Å². The van der Waals surface area contributed by atoms with Crippen molar-refractivity contribution in [2.75, 3.05) is 26.3 Å². The van der Waals surface area contributed by atoms with Crippen LogP contribution in [0.1, 0.15) is 23.1 Å². The fourth-order valence-electron chi connectivity index (χ4n) is 3.27. The second-order valence-corrected chi connectivity index (χ2v) is 6.43. The van der Waals surface area contributed by atoms with Crippen molar-refractivity contribution < 1.29 is 13.7 Å². The lowest BCUT2D eigenvalue weighted by molar-refractivity contribution is 0.0174. The van der Waals surface area contributed by atoms with E-state index in [0.29, 0.717) is 50.1 Å². The summed E-state index contributed by atoms with van der Waals surface area (Å²) in [6, 6.07) is 13.9. The highest BCUT2D eigenvalue weighted by Gasteiger charge is 2.31. The van der Waals surface area contributed by atoms with Crippen LogP contribution in [-0.2, 0) is 11.3 Å². The Morgan fingerprint density at radius 1 is 1.07 bits per heavy atom. The fraction of sp³-hybridized carbons (Fsp3) is 0.300. The molecule has 28 heavy (non-hydrogen) atoms. The van der Waals surface area contributed by atoms with Crippen LogP contribution in [0.3, 0.4) is 0 Å². The average Bonchev–Trinajstić information content (AvgIpc) is 3.20. The van der Waals surface area contributed by atoms with Crippen molar-refractivity contribution in [3.05, 3.63) is 71.4 Å². The Labute approximate surface area is 168 Å². The first-order valence-electron chi connectivity index (χ1n) is 8.95. The van der Waals surface area contributed by atoms with Gasteiger partial charge >= 0.3 is 0 Å². The zero-order chi connectivity index (χ0) is 18.6. The predicted molar refractivity (Wildman–Crippen MR) is 106 cm³/mol. The van der Waals surface area contributed by atoms with Gasteiger partial charge in [0.05, 0.1) is 13.2 Å². The maximum absolute atomic E-state index is 14.5. The van der Waals surface area contributed by atoms with Crippen LogP contribution in [0.15, 0.2) is 53.1 Å². The van der Waals surface area contributed by atoms with Crippen LogP contribution in [-0.4, -0.2) is 41.3 Å². The SMILES string of the molecule is Cl.NCc1ccc(-c2noc(C(c3ccccc3F)N3CCOCC3)n2)cc1. The molecule has 1 aliphatic rings. The summed E-state index contributed by atoms with van der Waals surface area (Å²) in [5.74, 6) is 0.559. The van der Waals surface area contributed by atoms with E-state index in [-0.39, 0.29) is 18.2 Å². The van der Waals surface area contributed by atoms with Gasteiger partial charge in [-0.3, -0.25) is 4.90 Å². The van der Waals surface area contributed by atoms with E-state index in [9.17, 15) is 4.39 Å². The molecule has 0 radical (unpaired) electrons. The van der Waals surface area contributed by atoms with Crippen LogP contribution in [0.2, 0.25) is 0 Å². The van der Waals surface area contributed by atoms with Crippen molar-refractivity contribution in [2.45, 2.75) is 12.6 Å². The Kier molecular flexibility index (Phi) is 6.74. The van der Waals surface area contributed by atoms with Crippen molar-refractivity contribution in [1.29, 1.82) is 0 Å². The summed E-state index contributed by atoms with van der Waals surface area (Å²) in [4.78, 5) is 6.68. The Morgan fingerprint density at radius 2 is 1.79 bits per heavy atom. The monoisotopic (exact) mass is 404 g/mol. The van der Waals surface area contributed by atoms with Crippen LogP contribution < -0.4 is 5.73 Å². The molecule has 1 fully saturated rings.